The van der Waals surface area contributed by atoms with Crippen LogP contribution >= 0.6 is 11.8 Å². The molecule has 1 heterocycles. The van der Waals surface area contributed by atoms with E-state index in [9.17, 15) is 4.39 Å². The van der Waals surface area contributed by atoms with Gasteiger partial charge in [-0.05, 0) is 13.0 Å². The first kappa shape index (κ1) is 13.1. The molecule has 0 saturated heterocycles. The second-order valence-corrected chi connectivity index (χ2v) is 7.04. The summed E-state index contributed by atoms with van der Waals surface area (Å²) in [5.41, 5.74) is 6.50. The summed E-state index contributed by atoms with van der Waals surface area (Å²) < 4.78 is 13.6. The zero-order chi connectivity index (χ0) is 13.5. The molecule has 1 aromatic carbocycles. The smallest absolute Gasteiger partial charge is 0.136 e. The van der Waals surface area contributed by atoms with Crippen LogP contribution in [-0.2, 0) is 0 Å². The monoisotopic (exact) mass is 265 g/mol. The van der Waals surface area contributed by atoms with Crippen LogP contribution < -0.4 is 5.73 Å². The summed E-state index contributed by atoms with van der Waals surface area (Å²) in [6.07, 6.45) is 0. The standard InChI is InChI=1S/C13H16FN3S/c1-7-16-9-5-8(14)6-10(18-13(2,3)4)11(9)12(15)17-7/h5-6H,1-4H3,(H2,15,16,17). The zero-order valence-corrected chi connectivity index (χ0v) is 11.7. The van der Waals surface area contributed by atoms with Crippen molar-refractivity contribution in [3.05, 3.63) is 23.8 Å². The third-order valence-electron chi connectivity index (χ3n) is 2.28. The van der Waals surface area contributed by atoms with Crippen LogP contribution in [0, 0.1) is 12.7 Å². The van der Waals surface area contributed by atoms with Gasteiger partial charge in [0.2, 0.25) is 0 Å². The van der Waals surface area contributed by atoms with E-state index in [1.165, 1.54) is 12.1 Å². The molecule has 2 rings (SSSR count). The molecule has 0 fully saturated rings. The molecule has 0 saturated carbocycles. The number of rotatable bonds is 1. The summed E-state index contributed by atoms with van der Waals surface area (Å²) in [6, 6.07) is 2.89. The van der Waals surface area contributed by atoms with Gasteiger partial charge in [0.25, 0.3) is 0 Å². The Labute approximate surface area is 110 Å². The molecule has 0 bridgehead atoms. The number of hydrogen-bond acceptors (Lipinski definition) is 4. The van der Waals surface area contributed by atoms with Crippen LogP contribution in [0.5, 0.6) is 0 Å². The van der Waals surface area contributed by atoms with Gasteiger partial charge in [-0.15, -0.1) is 11.8 Å². The van der Waals surface area contributed by atoms with Gasteiger partial charge in [-0.1, -0.05) is 20.8 Å². The Hall–Kier alpha value is -1.36. The Balaban J connectivity index is 2.72. The minimum Gasteiger partial charge on any atom is -0.383 e. The molecule has 3 nitrogen and oxygen atoms in total. The topological polar surface area (TPSA) is 51.8 Å². The number of aryl methyl sites for hydroxylation is 1. The highest BCUT2D eigenvalue weighted by atomic mass is 32.2. The molecular weight excluding hydrogens is 249 g/mol. The maximum absolute atomic E-state index is 13.6. The normalized spacial score (nSPS) is 12.1. The molecular formula is C13H16FN3S. The lowest BCUT2D eigenvalue weighted by Crippen LogP contribution is -2.08. The van der Waals surface area contributed by atoms with Gasteiger partial charge < -0.3 is 5.73 Å². The predicted octanol–water partition coefficient (Wildman–Crippen LogP) is 3.55. The van der Waals surface area contributed by atoms with Crippen molar-refractivity contribution >= 4 is 28.5 Å². The Kier molecular flexibility index (Phi) is 3.19. The van der Waals surface area contributed by atoms with Gasteiger partial charge >= 0.3 is 0 Å². The van der Waals surface area contributed by atoms with E-state index in [0.29, 0.717) is 17.2 Å². The van der Waals surface area contributed by atoms with E-state index < -0.39 is 0 Å². The number of nitrogens with two attached hydrogens (primary N) is 1. The molecule has 2 N–H and O–H groups in total. The van der Waals surface area contributed by atoms with Gasteiger partial charge in [0.05, 0.1) is 10.9 Å². The lowest BCUT2D eigenvalue weighted by molar-refractivity contribution is 0.626. The highest BCUT2D eigenvalue weighted by Gasteiger charge is 2.17. The van der Waals surface area contributed by atoms with Crippen LogP contribution in [0.15, 0.2) is 17.0 Å². The molecule has 0 amide bonds. The number of fused-ring (bicyclic) bond motifs is 1. The first-order chi connectivity index (χ1) is 8.26. The molecule has 2 aromatic rings. The van der Waals surface area contributed by atoms with E-state index in [1.807, 2.05) is 0 Å². The summed E-state index contributed by atoms with van der Waals surface area (Å²) in [5.74, 6) is 0.660. The van der Waals surface area contributed by atoms with Crippen LogP contribution in [-0.4, -0.2) is 14.7 Å². The molecule has 0 radical (unpaired) electrons. The van der Waals surface area contributed by atoms with Gasteiger partial charge in [-0.3, -0.25) is 0 Å². The van der Waals surface area contributed by atoms with Crippen molar-refractivity contribution in [2.45, 2.75) is 37.3 Å². The summed E-state index contributed by atoms with van der Waals surface area (Å²) in [7, 11) is 0. The Morgan fingerprint density at radius 3 is 2.50 bits per heavy atom. The van der Waals surface area contributed by atoms with Crippen molar-refractivity contribution in [2.24, 2.45) is 0 Å². The van der Waals surface area contributed by atoms with Crippen LogP contribution in [0.25, 0.3) is 10.9 Å². The number of halogens is 1. The zero-order valence-electron chi connectivity index (χ0n) is 10.9. The number of benzene rings is 1. The van der Waals surface area contributed by atoms with Crippen molar-refractivity contribution in [2.75, 3.05) is 5.73 Å². The van der Waals surface area contributed by atoms with Crippen molar-refractivity contribution in [3.8, 4) is 0 Å². The molecule has 18 heavy (non-hydrogen) atoms. The number of nitrogens with zero attached hydrogens (tertiary/aromatic N) is 2. The number of aromatic nitrogens is 2. The molecule has 5 heteroatoms. The summed E-state index contributed by atoms with van der Waals surface area (Å²) in [5, 5.41) is 0.738. The molecule has 0 spiro atoms. The van der Waals surface area contributed by atoms with E-state index in [2.05, 4.69) is 30.7 Å². The van der Waals surface area contributed by atoms with E-state index in [-0.39, 0.29) is 10.6 Å². The van der Waals surface area contributed by atoms with Gasteiger partial charge in [-0.2, -0.15) is 0 Å². The number of hydrogen-bond donors (Lipinski definition) is 1. The third-order valence-corrected chi connectivity index (χ3v) is 3.44. The highest BCUT2D eigenvalue weighted by Crippen LogP contribution is 2.38. The summed E-state index contributed by atoms with van der Waals surface area (Å²) >= 11 is 1.56. The Morgan fingerprint density at radius 1 is 1.22 bits per heavy atom. The number of anilines is 1. The molecule has 0 aliphatic heterocycles. The largest absolute Gasteiger partial charge is 0.383 e. The second-order valence-electron chi connectivity index (χ2n) is 5.17. The molecule has 1 aromatic heterocycles. The fraction of sp³-hybridized carbons (Fsp3) is 0.385. The molecule has 0 aliphatic carbocycles. The Morgan fingerprint density at radius 2 is 1.89 bits per heavy atom. The number of nitrogen functional groups attached to an aromatic ring is 1. The minimum absolute atomic E-state index is 0.0297. The number of thioether (sulfide) groups is 1. The van der Waals surface area contributed by atoms with Crippen LogP contribution in [0.3, 0.4) is 0 Å². The van der Waals surface area contributed by atoms with E-state index in [4.69, 9.17) is 5.73 Å². The average molecular weight is 265 g/mol. The van der Waals surface area contributed by atoms with Crippen molar-refractivity contribution in [3.63, 3.8) is 0 Å². The van der Waals surface area contributed by atoms with Gasteiger partial charge in [0, 0.05) is 15.7 Å². The van der Waals surface area contributed by atoms with E-state index in [1.54, 1.807) is 18.7 Å². The first-order valence-corrected chi connectivity index (χ1v) is 6.50. The van der Waals surface area contributed by atoms with Gasteiger partial charge in [-0.25, -0.2) is 14.4 Å². The lowest BCUT2D eigenvalue weighted by atomic mass is 10.2. The molecule has 96 valence electrons. The van der Waals surface area contributed by atoms with Crippen LogP contribution in [0.2, 0.25) is 0 Å². The van der Waals surface area contributed by atoms with Crippen molar-refractivity contribution < 1.29 is 4.39 Å². The SMILES string of the molecule is Cc1nc(N)c2c(SC(C)(C)C)cc(F)cc2n1. The van der Waals surface area contributed by atoms with Gasteiger partial charge in [0.1, 0.15) is 17.5 Å². The fourth-order valence-corrected chi connectivity index (χ4v) is 2.90. The minimum atomic E-state index is -0.299. The first-order valence-electron chi connectivity index (χ1n) is 5.69. The van der Waals surface area contributed by atoms with E-state index >= 15 is 0 Å². The van der Waals surface area contributed by atoms with Crippen LogP contribution in [0.1, 0.15) is 26.6 Å². The molecule has 0 aliphatic rings. The second kappa shape index (κ2) is 4.39. The Bertz CT molecular complexity index is 600. The lowest BCUT2D eigenvalue weighted by Gasteiger charge is -2.19. The quantitative estimate of drug-likeness (QED) is 0.801. The van der Waals surface area contributed by atoms with Crippen LogP contribution in [0.4, 0.5) is 10.2 Å². The highest BCUT2D eigenvalue weighted by molar-refractivity contribution is 8.00. The summed E-state index contributed by atoms with van der Waals surface area (Å²) in [6.45, 7) is 7.95. The predicted molar refractivity (Wildman–Crippen MR) is 74.3 cm³/mol. The maximum atomic E-state index is 13.6. The maximum Gasteiger partial charge on any atom is 0.136 e. The molecule has 0 unspecified atom stereocenters. The molecule has 0 atom stereocenters. The van der Waals surface area contributed by atoms with Crippen molar-refractivity contribution in [1.82, 2.24) is 9.97 Å². The summed E-state index contributed by atoms with van der Waals surface area (Å²) in [4.78, 5) is 9.18. The fourth-order valence-electron chi connectivity index (χ4n) is 1.75. The van der Waals surface area contributed by atoms with Gasteiger partial charge in [0.15, 0.2) is 0 Å². The average Bonchev–Trinajstić information content (AvgIpc) is 2.11. The third kappa shape index (κ3) is 2.72. The van der Waals surface area contributed by atoms with Crippen molar-refractivity contribution in [1.29, 1.82) is 0 Å². The van der Waals surface area contributed by atoms with E-state index in [0.717, 1.165) is 10.3 Å².